The molecule has 1 aromatic heterocycles. The summed E-state index contributed by atoms with van der Waals surface area (Å²) in [5.74, 6) is 0.829. The summed E-state index contributed by atoms with van der Waals surface area (Å²) in [6.45, 7) is 16.6. The van der Waals surface area contributed by atoms with Crippen LogP contribution in [0.25, 0.3) is 0 Å². The molecular weight excluding hydrogens is 500 g/mol. The first-order chi connectivity index (χ1) is 18.4. The van der Waals surface area contributed by atoms with Gasteiger partial charge in [-0.2, -0.15) is 0 Å². The third-order valence-corrected chi connectivity index (χ3v) is 7.02. The van der Waals surface area contributed by atoms with Gasteiger partial charge >= 0.3 is 11.7 Å². The SMILES string of the molecule is CCCOC(=O)c1ccc(OC(C)(C)C(O)CN2CCN(c3cc(=O)n(C(C)C)c(=O)n3C(C)C)CC2)cc1. The Morgan fingerprint density at radius 1 is 0.974 bits per heavy atom. The Morgan fingerprint density at radius 3 is 2.10 bits per heavy atom. The van der Waals surface area contributed by atoms with Gasteiger partial charge in [-0.25, -0.2) is 9.59 Å². The quantitative estimate of drug-likeness (QED) is 0.430. The molecule has 0 saturated carbocycles. The standard InChI is InChI=1S/C29H44N4O6/c1-8-17-38-27(36)22-9-11-23(12-10-22)39-29(6,7)24(34)19-30-13-15-31(16-14-30)25-18-26(35)33(21(4)5)28(37)32(25)20(2)3/h9-12,18,20-21,24,34H,8,13-17,19H2,1-7H3. The Labute approximate surface area is 230 Å². The number of hydrogen-bond acceptors (Lipinski definition) is 8. The number of aromatic nitrogens is 2. The van der Waals surface area contributed by atoms with Gasteiger partial charge in [0.1, 0.15) is 23.3 Å². The summed E-state index contributed by atoms with van der Waals surface area (Å²) >= 11 is 0. The highest BCUT2D eigenvalue weighted by Crippen LogP contribution is 2.24. The van der Waals surface area contributed by atoms with Crippen molar-refractivity contribution < 1.29 is 19.4 Å². The molecule has 0 spiro atoms. The van der Waals surface area contributed by atoms with Crippen molar-refractivity contribution in [3.05, 3.63) is 56.7 Å². The molecule has 1 aliphatic heterocycles. The smallest absolute Gasteiger partial charge is 0.338 e. The maximum atomic E-state index is 13.1. The number of nitrogens with zero attached hydrogens (tertiary/aromatic N) is 4. The van der Waals surface area contributed by atoms with Crippen molar-refractivity contribution >= 4 is 11.8 Å². The lowest BCUT2D eigenvalue weighted by Gasteiger charge is -2.40. The number of carbonyl (C=O) groups excluding carboxylic acids is 1. The first kappa shape index (κ1) is 30.4. The average molecular weight is 545 g/mol. The number of carbonyl (C=O) groups is 1. The lowest BCUT2D eigenvalue weighted by atomic mass is 10.0. The second-order valence-electron chi connectivity index (χ2n) is 11.2. The minimum absolute atomic E-state index is 0.0908. The number of β-amino-alcohol motifs (C(OH)–C–C–N with tert-alkyl or cyclic N) is 1. The maximum Gasteiger partial charge on any atom is 0.338 e. The third-order valence-electron chi connectivity index (χ3n) is 7.02. The van der Waals surface area contributed by atoms with Gasteiger partial charge in [-0.3, -0.25) is 18.8 Å². The molecule has 1 N–H and O–H groups in total. The van der Waals surface area contributed by atoms with Crippen LogP contribution >= 0.6 is 0 Å². The molecule has 0 amide bonds. The van der Waals surface area contributed by atoms with Crippen LogP contribution in [0.4, 0.5) is 5.82 Å². The highest BCUT2D eigenvalue weighted by atomic mass is 16.5. The highest BCUT2D eigenvalue weighted by Gasteiger charge is 2.33. The lowest BCUT2D eigenvalue weighted by molar-refractivity contribution is -0.0449. The van der Waals surface area contributed by atoms with Crippen LogP contribution < -0.4 is 20.9 Å². The van der Waals surface area contributed by atoms with Gasteiger partial charge < -0.3 is 19.5 Å². The normalized spacial score (nSPS) is 15.6. The van der Waals surface area contributed by atoms with Crippen LogP contribution in [0.1, 0.15) is 77.3 Å². The minimum Gasteiger partial charge on any atom is -0.485 e. The number of esters is 1. The molecule has 1 unspecified atom stereocenters. The van der Waals surface area contributed by atoms with E-state index in [1.54, 1.807) is 34.9 Å². The van der Waals surface area contributed by atoms with E-state index in [0.717, 1.165) is 6.42 Å². The fourth-order valence-electron chi connectivity index (χ4n) is 4.70. The van der Waals surface area contributed by atoms with Gasteiger partial charge in [-0.15, -0.1) is 0 Å². The van der Waals surface area contributed by atoms with E-state index >= 15 is 0 Å². The van der Waals surface area contributed by atoms with Crippen molar-refractivity contribution in [2.45, 2.75) is 78.7 Å². The van der Waals surface area contributed by atoms with Crippen LogP contribution in [0.5, 0.6) is 5.75 Å². The van der Waals surface area contributed by atoms with Crippen molar-refractivity contribution in [3.63, 3.8) is 0 Å². The summed E-state index contributed by atoms with van der Waals surface area (Å²) in [6, 6.07) is 7.99. The monoisotopic (exact) mass is 544 g/mol. The number of hydrogen-bond donors (Lipinski definition) is 1. The lowest BCUT2D eigenvalue weighted by Crippen LogP contribution is -2.54. The molecule has 2 heterocycles. The number of aliphatic hydroxyl groups excluding tert-OH is 1. The molecule has 1 fully saturated rings. The number of benzene rings is 1. The van der Waals surface area contributed by atoms with Gasteiger partial charge in [0, 0.05) is 50.9 Å². The van der Waals surface area contributed by atoms with E-state index in [4.69, 9.17) is 9.47 Å². The Morgan fingerprint density at radius 2 is 1.56 bits per heavy atom. The summed E-state index contributed by atoms with van der Waals surface area (Å²) in [4.78, 5) is 42.1. The molecule has 2 aromatic rings. The second kappa shape index (κ2) is 12.8. The van der Waals surface area contributed by atoms with Crippen LogP contribution in [0.2, 0.25) is 0 Å². The molecule has 0 aliphatic carbocycles. The molecule has 10 nitrogen and oxygen atoms in total. The average Bonchev–Trinajstić information content (AvgIpc) is 2.87. The van der Waals surface area contributed by atoms with Crippen LogP contribution in [0.15, 0.2) is 39.9 Å². The molecule has 1 aliphatic rings. The largest absolute Gasteiger partial charge is 0.485 e. The van der Waals surface area contributed by atoms with E-state index in [9.17, 15) is 19.5 Å². The first-order valence-electron chi connectivity index (χ1n) is 13.8. The number of rotatable bonds is 11. The van der Waals surface area contributed by atoms with E-state index in [1.165, 1.54) is 4.57 Å². The molecule has 216 valence electrons. The summed E-state index contributed by atoms with van der Waals surface area (Å²) in [7, 11) is 0. The summed E-state index contributed by atoms with van der Waals surface area (Å²) < 4.78 is 14.2. The fourth-order valence-corrected chi connectivity index (χ4v) is 4.70. The topological polar surface area (TPSA) is 106 Å². The van der Waals surface area contributed by atoms with Crippen molar-refractivity contribution in [2.75, 3.05) is 44.2 Å². The molecule has 39 heavy (non-hydrogen) atoms. The molecule has 1 aromatic carbocycles. The second-order valence-corrected chi connectivity index (χ2v) is 11.2. The van der Waals surface area contributed by atoms with Crippen molar-refractivity contribution in [1.82, 2.24) is 14.0 Å². The van der Waals surface area contributed by atoms with Gasteiger partial charge in [0.15, 0.2) is 0 Å². The fraction of sp³-hybridized carbons (Fsp3) is 0.621. The van der Waals surface area contributed by atoms with E-state index in [-0.39, 0.29) is 29.3 Å². The molecule has 10 heteroatoms. The first-order valence-corrected chi connectivity index (χ1v) is 13.8. The van der Waals surface area contributed by atoms with Crippen molar-refractivity contribution in [3.8, 4) is 5.75 Å². The zero-order chi connectivity index (χ0) is 28.9. The Kier molecular flexibility index (Phi) is 10.0. The third kappa shape index (κ3) is 7.30. The van der Waals surface area contributed by atoms with Gasteiger partial charge in [0.2, 0.25) is 0 Å². The van der Waals surface area contributed by atoms with E-state index in [1.807, 2.05) is 48.5 Å². The molecule has 1 saturated heterocycles. The number of ether oxygens (including phenoxy) is 2. The van der Waals surface area contributed by atoms with Crippen LogP contribution in [0, 0.1) is 0 Å². The van der Waals surface area contributed by atoms with Crippen LogP contribution in [-0.2, 0) is 4.74 Å². The Hall–Kier alpha value is -3.11. The predicted molar refractivity (Wildman–Crippen MR) is 152 cm³/mol. The zero-order valence-electron chi connectivity index (χ0n) is 24.3. The van der Waals surface area contributed by atoms with Crippen LogP contribution in [-0.4, -0.2) is 76.1 Å². The summed E-state index contributed by atoms with van der Waals surface area (Å²) in [5, 5.41) is 11.0. The van der Waals surface area contributed by atoms with Gasteiger partial charge in [0.25, 0.3) is 5.56 Å². The molecule has 1 atom stereocenters. The highest BCUT2D eigenvalue weighted by molar-refractivity contribution is 5.89. The predicted octanol–water partition coefficient (Wildman–Crippen LogP) is 3.08. The van der Waals surface area contributed by atoms with Gasteiger partial charge in [0.05, 0.1) is 12.2 Å². The molecular formula is C29H44N4O6. The molecule has 0 radical (unpaired) electrons. The minimum atomic E-state index is -0.874. The van der Waals surface area contributed by atoms with Crippen molar-refractivity contribution in [2.24, 2.45) is 0 Å². The Bertz CT molecular complexity index is 1220. The summed E-state index contributed by atoms with van der Waals surface area (Å²) in [5.41, 5.74) is -0.993. The van der Waals surface area contributed by atoms with E-state index in [0.29, 0.717) is 56.5 Å². The molecule has 0 bridgehead atoms. The van der Waals surface area contributed by atoms with E-state index in [2.05, 4.69) is 9.80 Å². The molecule has 3 rings (SSSR count). The zero-order valence-corrected chi connectivity index (χ0v) is 24.3. The number of aliphatic hydroxyl groups is 1. The summed E-state index contributed by atoms with van der Waals surface area (Å²) in [6.07, 6.45) is -0.0133. The van der Waals surface area contributed by atoms with Gasteiger partial charge in [-0.1, -0.05) is 6.92 Å². The van der Waals surface area contributed by atoms with Gasteiger partial charge in [-0.05, 0) is 72.2 Å². The Balaban J connectivity index is 1.62. The van der Waals surface area contributed by atoms with E-state index < -0.39 is 11.7 Å². The number of piperazine rings is 1. The van der Waals surface area contributed by atoms with Crippen LogP contribution in [0.3, 0.4) is 0 Å². The van der Waals surface area contributed by atoms with Crippen molar-refractivity contribution in [1.29, 1.82) is 0 Å². The maximum absolute atomic E-state index is 13.1. The number of anilines is 1.